The molecule has 1 aromatic rings. The zero-order valence-electron chi connectivity index (χ0n) is 11.9. The van der Waals surface area contributed by atoms with Crippen molar-refractivity contribution in [2.24, 2.45) is 0 Å². The summed E-state index contributed by atoms with van der Waals surface area (Å²) >= 11 is 0. The Morgan fingerprint density at radius 2 is 1.67 bits per heavy atom. The number of hydrogen-bond donors (Lipinski definition) is 1. The molecular weight excluding hydrogens is 238 g/mol. The number of rotatable bonds is 2. The molecule has 1 saturated heterocycles. The highest BCUT2D eigenvalue weighted by Crippen LogP contribution is 2.45. The lowest BCUT2D eigenvalue weighted by Gasteiger charge is -2.51. The molecule has 1 amide bonds. The van der Waals surface area contributed by atoms with Crippen molar-refractivity contribution in [3.8, 4) is 0 Å². The minimum Gasteiger partial charge on any atom is -0.354 e. The molecule has 1 aliphatic heterocycles. The Kier molecular flexibility index (Phi) is 3.14. The van der Waals surface area contributed by atoms with Gasteiger partial charge in [0.15, 0.2) is 0 Å². The summed E-state index contributed by atoms with van der Waals surface area (Å²) in [4.78, 5) is 11.9. The van der Waals surface area contributed by atoms with E-state index >= 15 is 0 Å². The molecule has 2 atom stereocenters. The second kappa shape index (κ2) is 4.23. The molecule has 1 N–H and O–H groups in total. The second-order valence-corrected chi connectivity index (χ2v) is 12.4. The minimum absolute atomic E-state index is 0.0621. The molecule has 1 fully saturated rings. The van der Waals surface area contributed by atoms with Gasteiger partial charge in [-0.3, -0.25) is 4.79 Å². The summed E-state index contributed by atoms with van der Waals surface area (Å²) in [5.41, 5.74) is 1.52. The lowest BCUT2D eigenvalue weighted by Crippen LogP contribution is -2.70. The van der Waals surface area contributed by atoms with Gasteiger partial charge in [-0.25, -0.2) is 0 Å². The van der Waals surface area contributed by atoms with Gasteiger partial charge in [0.05, 0.1) is 14.0 Å². The van der Waals surface area contributed by atoms with E-state index in [9.17, 15) is 4.79 Å². The first-order chi connectivity index (χ1) is 8.25. The summed E-state index contributed by atoms with van der Waals surface area (Å²) in [5.74, 6) is 0.253. The first-order valence-electron chi connectivity index (χ1n) is 6.60. The summed E-state index contributed by atoms with van der Waals surface area (Å²) in [6.07, 6.45) is 0. The van der Waals surface area contributed by atoms with Crippen molar-refractivity contribution < 1.29 is 4.79 Å². The van der Waals surface area contributed by atoms with Crippen LogP contribution in [-0.2, 0) is 4.79 Å². The number of hydrogen-bond acceptors (Lipinski definition) is 1. The molecule has 0 radical (unpaired) electrons. The Balaban J connectivity index is 2.30. The number of carbonyl (C=O) groups excluding carboxylic acids is 1. The van der Waals surface area contributed by atoms with Crippen molar-refractivity contribution in [1.29, 1.82) is 0 Å². The molecule has 1 heterocycles. The van der Waals surface area contributed by atoms with Crippen LogP contribution in [0.5, 0.6) is 0 Å². The third-order valence-electron chi connectivity index (χ3n) is 4.78. The molecule has 0 saturated carbocycles. The fraction of sp³-hybridized carbons (Fsp3) is 0.533. The highest BCUT2D eigenvalue weighted by Gasteiger charge is 2.54. The average molecular weight is 261 g/mol. The Hall–Kier alpha value is -1.09. The van der Waals surface area contributed by atoms with Crippen molar-refractivity contribution in [3.05, 3.63) is 35.9 Å². The SMILES string of the molecule is CC(C)(C)[Si](C)(C)C1NC(=O)C1c1ccccc1. The van der Waals surface area contributed by atoms with Crippen LogP contribution in [0.25, 0.3) is 0 Å². The Labute approximate surface area is 111 Å². The largest absolute Gasteiger partial charge is 0.354 e. The molecule has 0 spiro atoms. The maximum absolute atomic E-state index is 11.9. The van der Waals surface area contributed by atoms with Gasteiger partial charge in [0.25, 0.3) is 0 Å². The topological polar surface area (TPSA) is 29.1 Å². The van der Waals surface area contributed by atoms with E-state index in [2.05, 4.69) is 51.3 Å². The van der Waals surface area contributed by atoms with E-state index in [4.69, 9.17) is 0 Å². The van der Waals surface area contributed by atoms with Gasteiger partial charge in [-0.2, -0.15) is 0 Å². The molecule has 18 heavy (non-hydrogen) atoms. The Morgan fingerprint density at radius 1 is 1.11 bits per heavy atom. The van der Waals surface area contributed by atoms with Gasteiger partial charge in [0, 0.05) is 5.67 Å². The maximum Gasteiger partial charge on any atom is 0.229 e. The molecule has 0 aliphatic carbocycles. The fourth-order valence-electron chi connectivity index (χ4n) is 2.45. The summed E-state index contributed by atoms with van der Waals surface area (Å²) < 4.78 is 0. The van der Waals surface area contributed by atoms with Crippen molar-refractivity contribution in [1.82, 2.24) is 5.32 Å². The van der Waals surface area contributed by atoms with Crippen LogP contribution in [0, 0.1) is 0 Å². The molecular formula is C15H23NOSi. The third-order valence-corrected chi connectivity index (χ3v) is 10.7. The van der Waals surface area contributed by atoms with Crippen LogP contribution in [-0.4, -0.2) is 19.6 Å². The van der Waals surface area contributed by atoms with Gasteiger partial charge < -0.3 is 5.32 Å². The molecule has 2 unspecified atom stereocenters. The van der Waals surface area contributed by atoms with Crippen LogP contribution in [0.1, 0.15) is 32.3 Å². The van der Waals surface area contributed by atoms with E-state index in [0.29, 0.717) is 10.7 Å². The fourth-order valence-corrected chi connectivity index (χ4v) is 5.06. The van der Waals surface area contributed by atoms with Crippen molar-refractivity contribution in [2.75, 3.05) is 0 Å². The molecule has 1 aliphatic rings. The zero-order valence-corrected chi connectivity index (χ0v) is 12.9. The zero-order chi connectivity index (χ0) is 13.6. The van der Waals surface area contributed by atoms with E-state index in [1.54, 1.807) is 0 Å². The first kappa shape index (κ1) is 13.3. The van der Waals surface area contributed by atoms with Crippen LogP contribution in [0.2, 0.25) is 18.1 Å². The Morgan fingerprint density at radius 3 is 2.11 bits per heavy atom. The maximum atomic E-state index is 11.9. The monoisotopic (exact) mass is 261 g/mol. The van der Waals surface area contributed by atoms with Crippen LogP contribution in [0.4, 0.5) is 0 Å². The number of amides is 1. The first-order valence-corrected chi connectivity index (χ1v) is 9.68. The van der Waals surface area contributed by atoms with Gasteiger partial charge in [-0.1, -0.05) is 64.2 Å². The summed E-state index contributed by atoms with van der Waals surface area (Å²) in [7, 11) is -1.54. The lowest BCUT2D eigenvalue weighted by atomic mass is 9.92. The summed E-state index contributed by atoms with van der Waals surface area (Å²) in [6, 6.07) is 10.2. The van der Waals surface area contributed by atoms with E-state index < -0.39 is 8.07 Å². The van der Waals surface area contributed by atoms with Gasteiger partial charge in [0.1, 0.15) is 0 Å². The Bertz CT molecular complexity index is 447. The number of benzene rings is 1. The normalized spacial score (nSPS) is 24.4. The van der Waals surface area contributed by atoms with Crippen molar-refractivity contribution in [3.63, 3.8) is 0 Å². The van der Waals surface area contributed by atoms with Crippen molar-refractivity contribution >= 4 is 14.0 Å². The summed E-state index contributed by atoms with van der Waals surface area (Å²) in [5, 5.41) is 3.45. The predicted octanol–water partition coefficient (Wildman–Crippen LogP) is 3.32. The van der Waals surface area contributed by atoms with Crippen LogP contribution in [0.3, 0.4) is 0 Å². The van der Waals surface area contributed by atoms with Crippen LogP contribution < -0.4 is 5.32 Å². The van der Waals surface area contributed by atoms with Crippen molar-refractivity contribution in [2.45, 2.75) is 50.5 Å². The molecule has 2 rings (SSSR count). The molecule has 2 nitrogen and oxygen atoms in total. The predicted molar refractivity (Wildman–Crippen MR) is 78.3 cm³/mol. The third kappa shape index (κ3) is 2.01. The number of nitrogens with one attached hydrogen (secondary N) is 1. The van der Waals surface area contributed by atoms with Crippen LogP contribution in [0.15, 0.2) is 30.3 Å². The number of β-lactam (4-membered cyclic amide) rings is 1. The van der Waals surface area contributed by atoms with E-state index in [-0.39, 0.29) is 11.8 Å². The minimum atomic E-state index is -1.54. The van der Waals surface area contributed by atoms with Crippen LogP contribution >= 0.6 is 0 Å². The molecule has 0 aromatic heterocycles. The summed E-state index contributed by atoms with van der Waals surface area (Å²) in [6.45, 7) is 11.7. The standard InChI is InChI=1S/C15H23NOSi/c1-15(2,3)18(4,5)14-12(13(17)16-14)11-9-7-6-8-10-11/h6-10,12,14H,1-5H3,(H,16,17). The smallest absolute Gasteiger partial charge is 0.229 e. The quantitative estimate of drug-likeness (QED) is 0.642. The van der Waals surface area contributed by atoms with E-state index in [0.717, 1.165) is 5.56 Å². The highest BCUT2D eigenvalue weighted by atomic mass is 28.3. The highest BCUT2D eigenvalue weighted by molar-refractivity contribution is 6.82. The van der Waals surface area contributed by atoms with Gasteiger partial charge >= 0.3 is 0 Å². The van der Waals surface area contributed by atoms with Gasteiger partial charge in [-0.15, -0.1) is 0 Å². The lowest BCUT2D eigenvalue weighted by molar-refractivity contribution is -0.129. The molecule has 3 heteroatoms. The van der Waals surface area contributed by atoms with Gasteiger partial charge in [-0.05, 0) is 10.6 Å². The molecule has 1 aromatic carbocycles. The van der Waals surface area contributed by atoms with E-state index in [1.165, 1.54) is 0 Å². The number of carbonyl (C=O) groups is 1. The molecule has 98 valence electrons. The molecule has 0 bridgehead atoms. The second-order valence-electron chi connectivity index (χ2n) is 6.85. The van der Waals surface area contributed by atoms with Gasteiger partial charge in [0.2, 0.25) is 5.91 Å². The average Bonchev–Trinajstić information content (AvgIpc) is 2.25. The van der Waals surface area contributed by atoms with E-state index in [1.807, 2.05) is 18.2 Å².